The number of alkyl carbamates (subject to hydrolysis) is 2. The monoisotopic (exact) mass is 607 g/mol. The fraction of sp³-hybridized carbons (Fsp3) is 0.312. The van der Waals surface area contributed by atoms with Crippen molar-refractivity contribution in [2.24, 2.45) is 0 Å². The van der Waals surface area contributed by atoms with Crippen LogP contribution in [0.3, 0.4) is 0 Å². The minimum atomic E-state index is -1.17. The van der Waals surface area contributed by atoms with Crippen molar-refractivity contribution >= 4 is 35.8 Å². The van der Waals surface area contributed by atoms with Crippen molar-refractivity contribution in [2.45, 2.75) is 50.3 Å². The van der Waals surface area contributed by atoms with Crippen LogP contribution in [0.1, 0.15) is 36.0 Å². The normalized spacial score (nSPS) is 11.9. The van der Waals surface area contributed by atoms with E-state index in [-0.39, 0.29) is 25.4 Å². The van der Waals surface area contributed by atoms with Gasteiger partial charge in [-0.25, -0.2) is 14.4 Å². The highest BCUT2D eigenvalue weighted by Crippen LogP contribution is 2.14. The molecular weight excluding hydrogens is 570 g/mol. The standard InChI is InChI=1S/C32H37N3O7S/c36-29(34-28(30(37)38)23-43-22-26-16-8-3-9-17-26)27(35-32(40)42-21-25-14-6-2-7-15-25)18-10-11-19-33-31(39)41-20-24-12-4-1-5-13-24/h1-9,12-17,27-28H,10-11,18-23H2,(H,33,39)(H,34,36)(H,35,40)(H,37,38)/t27-,28-/m1/s1. The van der Waals surface area contributed by atoms with Gasteiger partial charge in [-0.15, -0.1) is 0 Å². The fourth-order valence-electron chi connectivity index (χ4n) is 3.93. The maximum atomic E-state index is 13.1. The number of amides is 3. The number of benzene rings is 3. The molecule has 3 aromatic carbocycles. The zero-order valence-corrected chi connectivity index (χ0v) is 24.6. The smallest absolute Gasteiger partial charge is 0.408 e. The van der Waals surface area contributed by atoms with E-state index in [2.05, 4.69) is 16.0 Å². The van der Waals surface area contributed by atoms with Gasteiger partial charge in [0.05, 0.1) is 0 Å². The summed E-state index contributed by atoms with van der Waals surface area (Å²) in [5.74, 6) is -1.05. The fourth-order valence-corrected chi connectivity index (χ4v) is 4.94. The predicted octanol–water partition coefficient (Wildman–Crippen LogP) is 4.88. The second kappa shape index (κ2) is 18.8. The summed E-state index contributed by atoms with van der Waals surface area (Å²) < 4.78 is 10.5. The van der Waals surface area contributed by atoms with Gasteiger partial charge in [-0.2, -0.15) is 11.8 Å². The molecule has 0 aromatic heterocycles. The molecule has 3 amide bonds. The lowest BCUT2D eigenvalue weighted by molar-refractivity contribution is -0.141. The highest BCUT2D eigenvalue weighted by Gasteiger charge is 2.27. The Balaban J connectivity index is 1.49. The van der Waals surface area contributed by atoms with Crippen LogP contribution in [0, 0.1) is 0 Å². The number of hydrogen-bond donors (Lipinski definition) is 4. The van der Waals surface area contributed by atoms with Gasteiger partial charge in [0, 0.05) is 18.1 Å². The quantitative estimate of drug-likeness (QED) is 0.159. The van der Waals surface area contributed by atoms with Crippen LogP contribution in [0.2, 0.25) is 0 Å². The Bertz CT molecular complexity index is 1280. The molecule has 3 rings (SSSR count). The average molecular weight is 608 g/mol. The summed E-state index contributed by atoms with van der Waals surface area (Å²) in [6.07, 6.45) is -0.192. The van der Waals surface area contributed by atoms with Gasteiger partial charge in [-0.05, 0) is 36.0 Å². The number of carbonyl (C=O) groups excluding carboxylic acids is 3. The van der Waals surface area contributed by atoms with Crippen molar-refractivity contribution in [3.8, 4) is 0 Å². The summed E-state index contributed by atoms with van der Waals surface area (Å²) in [6, 6.07) is 25.8. The minimum Gasteiger partial charge on any atom is -0.480 e. The molecule has 0 saturated carbocycles. The van der Waals surface area contributed by atoms with Gasteiger partial charge in [0.15, 0.2) is 0 Å². The van der Waals surface area contributed by atoms with E-state index in [9.17, 15) is 24.3 Å². The van der Waals surface area contributed by atoms with Gasteiger partial charge in [-0.1, -0.05) is 91.0 Å². The molecule has 2 atom stereocenters. The van der Waals surface area contributed by atoms with E-state index in [1.807, 2.05) is 78.9 Å². The van der Waals surface area contributed by atoms with Crippen LogP contribution in [0.5, 0.6) is 0 Å². The predicted molar refractivity (Wildman–Crippen MR) is 164 cm³/mol. The molecule has 0 saturated heterocycles. The van der Waals surface area contributed by atoms with E-state index in [4.69, 9.17) is 9.47 Å². The Kier molecular flexibility index (Phi) is 14.4. The van der Waals surface area contributed by atoms with Crippen LogP contribution in [-0.4, -0.2) is 53.6 Å². The molecule has 0 aliphatic carbocycles. The number of rotatable bonds is 17. The third kappa shape index (κ3) is 13.3. The summed E-state index contributed by atoms with van der Waals surface area (Å²) in [6.45, 7) is 0.469. The van der Waals surface area contributed by atoms with Gasteiger partial charge in [0.1, 0.15) is 25.3 Å². The van der Waals surface area contributed by atoms with E-state index in [1.54, 1.807) is 12.1 Å². The van der Waals surface area contributed by atoms with Crippen LogP contribution in [0.15, 0.2) is 91.0 Å². The first-order valence-corrected chi connectivity index (χ1v) is 15.1. The largest absolute Gasteiger partial charge is 0.480 e. The van der Waals surface area contributed by atoms with Gasteiger partial charge >= 0.3 is 18.2 Å². The van der Waals surface area contributed by atoms with Crippen LogP contribution in [0.25, 0.3) is 0 Å². The number of hydrogen-bond acceptors (Lipinski definition) is 7. The number of thioether (sulfide) groups is 1. The number of ether oxygens (including phenoxy) is 2. The van der Waals surface area contributed by atoms with E-state index in [0.29, 0.717) is 25.1 Å². The lowest BCUT2D eigenvalue weighted by Crippen LogP contribution is -2.52. The number of aliphatic carboxylic acids is 1. The highest BCUT2D eigenvalue weighted by molar-refractivity contribution is 7.98. The van der Waals surface area contributed by atoms with Crippen LogP contribution >= 0.6 is 11.8 Å². The molecule has 43 heavy (non-hydrogen) atoms. The maximum absolute atomic E-state index is 13.1. The molecule has 0 radical (unpaired) electrons. The van der Waals surface area contributed by atoms with E-state index >= 15 is 0 Å². The first-order chi connectivity index (χ1) is 20.9. The van der Waals surface area contributed by atoms with Crippen molar-refractivity contribution in [3.05, 3.63) is 108 Å². The highest BCUT2D eigenvalue weighted by atomic mass is 32.2. The lowest BCUT2D eigenvalue weighted by Gasteiger charge is -2.21. The van der Waals surface area contributed by atoms with E-state index in [1.165, 1.54) is 11.8 Å². The van der Waals surface area contributed by atoms with Crippen LogP contribution in [0.4, 0.5) is 9.59 Å². The Labute approximate surface area is 255 Å². The number of unbranched alkanes of at least 4 members (excludes halogenated alkanes) is 1. The van der Waals surface area contributed by atoms with Crippen molar-refractivity contribution in [3.63, 3.8) is 0 Å². The van der Waals surface area contributed by atoms with Crippen molar-refractivity contribution in [2.75, 3.05) is 12.3 Å². The van der Waals surface area contributed by atoms with Gasteiger partial charge < -0.3 is 30.5 Å². The van der Waals surface area contributed by atoms with E-state index in [0.717, 1.165) is 16.7 Å². The zero-order chi connectivity index (χ0) is 30.7. The maximum Gasteiger partial charge on any atom is 0.408 e. The molecule has 3 aromatic rings. The molecule has 4 N–H and O–H groups in total. The Morgan fingerprint density at radius 2 is 1.21 bits per heavy atom. The molecule has 0 heterocycles. The summed E-state index contributed by atoms with van der Waals surface area (Å²) >= 11 is 1.39. The summed E-state index contributed by atoms with van der Waals surface area (Å²) in [5.41, 5.74) is 2.70. The molecule has 0 aliphatic heterocycles. The summed E-state index contributed by atoms with van der Waals surface area (Å²) in [7, 11) is 0. The van der Waals surface area contributed by atoms with Crippen molar-refractivity contribution in [1.82, 2.24) is 16.0 Å². The molecule has 0 unspecified atom stereocenters. The number of nitrogens with one attached hydrogen (secondary N) is 3. The van der Waals surface area contributed by atoms with E-state index < -0.39 is 36.1 Å². The van der Waals surface area contributed by atoms with Crippen molar-refractivity contribution < 1.29 is 33.8 Å². The summed E-state index contributed by atoms with van der Waals surface area (Å²) in [5, 5.41) is 17.5. The first-order valence-electron chi connectivity index (χ1n) is 14.0. The van der Waals surface area contributed by atoms with Gasteiger partial charge in [-0.3, -0.25) is 4.79 Å². The van der Waals surface area contributed by atoms with Gasteiger partial charge in [0.2, 0.25) is 5.91 Å². The molecule has 0 aliphatic rings. The molecular formula is C32H37N3O7S. The minimum absolute atomic E-state index is 0.0178. The van der Waals surface area contributed by atoms with Crippen molar-refractivity contribution in [1.29, 1.82) is 0 Å². The molecule has 11 heteroatoms. The second-order valence-corrected chi connectivity index (χ2v) is 10.7. The number of carboxylic acids is 1. The molecule has 228 valence electrons. The Hall–Kier alpha value is -4.51. The average Bonchev–Trinajstić information content (AvgIpc) is 3.03. The third-order valence-corrected chi connectivity index (χ3v) is 7.34. The molecule has 10 nitrogen and oxygen atoms in total. The Morgan fingerprint density at radius 1 is 0.674 bits per heavy atom. The zero-order valence-electron chi connectivity index (χ0n) is 23.8. The number of carbonyl (C=O) groups is 4. The Morgan fingerprint density at radius 3 is 1.77 bits per heavy atom. The molecule has 0 spiro atoms. The third-order valence-electron chi connectivity index (χ3n) is 6.23. The summed E-state index contributed by atoms with van der Waals surface area (Å²) in [4.78, 5) is 49.6. The van der Waals surface area contributed by atoms with Crippen LogP contribution in [-0.2, 0) is 38.0 Å². The lowest BCUT2D eigenvalue weighted by atomic mass is 10.1. The first kappa shape index (κ1) is 33.0. The van der Waals surface area contributed by atoms with Gasteiger partial charge in [0.25, 0.3) is 0 Å². The molecule has 0 bridgehead atoms. The van der Waals surface area contributed by atoms with Crippen LogP contribution < -0.4 is 16.0 Å². The SMILES string of the molecule is O=C(NCCCC[C@@H](NC(=O)OCc1ccccc1)C(=O)N[C@H](CSCc1ccccc1)C(=O)O)OCc1ccccc1. The number of carboxylic acid groups (broad SMARTS) is 1. The second-order valence-electron chi connectivity index (χ2n) is 9.64. The molecule has 0 fully saturated rings. The topological polar surface area (TPSA) is 143 Å².